The number of H-pyrrole nitrogens is 1. The Morgan fingerprint density at radius 3 is 2.57 bits per heavy atom. The molecule has 0 bridgehead atoms. The normalized spacial score (nSPS) is 15.1. The third-order valence-corrected chi connectivity index (χ3v) is 1.57. The van der Waals surface area contributed by atoms with E-state index < -0.39 is 11.7 Å². The molecule has 0 saturated carbocycles. The minimum atomic E-state index is -0.912. The molecule has 0 saturated heterocycles. The lowest BCUT2D eigenvalue weighted by molar-refractivity contribution is 0.551. The number of hydrogen-bond acceptors (Lipinski definition) is 3. The number of allylic oxidation sites excluding steroid dienone is 4. The maximum Gasteiger partial charge on any atom is 0.220 e. The Morgan fingerprint density at radius 2 is 2.00 bits per heavy atom. The molecule has 1 heterocycles. The topological polar surface area (TPSA) is 53.1 Å². The first kappa shape index (κ1) is 8.61. The number of imidazole rings is 1. The standard InChI is InChI=1S/C8H6F2N4/c9-6-3-5(4-7(6)10)13-14-8-11-1-2-12-8/h1-4H,(H2,11,12,14). The van der Waals surface area contributed by atoms with Crippen molar-refractivity contribution in [2.75, 3.05) is 5.43 Å². The Bertz CT molecular complexity index is 397. The highest BCUT2D eigenvalue weighted by Gasteiger charge is 2.12. The molecule has 1 aliphatic rings. The summed E-state index contributed by atoms with van der Waals surface area (Å²) in [4.78, 5) is 6.54. The molecule has 0 aliphatic heterocycles. The number of aromatic nitrogens is 2. The van der Waals surface area contributed by atoms with Crippen LogP contribution in [-0.4, -0.2) is 15.7 Å². The molecule has 0 spiro atoms. The summed E-state index contributed by atoms with van der Waals surface area (Å²) >= 11 is 0. The summed E-state index contributed by atoms with van der Waals surface area (Å²) in [5.41, 5.74) is 2.68. The first-order valence-corrected chi connectivity index (χ1v) is 3.83. The van der Waals surface area contributed by atoms with Crippen LogP contribution in [-0.2, 0) is 0 Å². The molecule has 0 fully saturated rings. The van der Waals surface area contributed by atoms with E-state index in [1.165, 1.54) is 6.20 Å². The third-order valence-electron chi connectivity index (χ3n) is 1.57. The number of nitrogens with zero attached hydrogens (tertiary/aromatic N) is 2. The molecule has 0 atom stereocenters. The van der Waals surface area contributed by atoms with E-state index in [0.29, 0.717) is 5.95 Å². The molecule has 0 aromatic carbocycles. The lowest BCUT2D eigenvalue weighted by Gasteiger charge is -1.93. The van der Waals surface area contributed by atoms with Crippen molar-refractivity contribution in [3.63, 3.8) is 0 Å². The largest absolute Gasteiger partial charge is 0.330 e. The molecule has 6 heteroatoms. The molecule has 1 aromatic heterocycles. The average molecular weight is 196 g/mol. The summed E-state index contributed by atoms with van der Waals surface area (Å²) < 4.78 is 25.0. The molecule has 1 aromatic rings. The predicted molar refractivity (Wildman–Crippen MR) is 48.0 cm³/mol. The first-order valence-electron chi connectivity index (χ1n) is 3.83. The van der Waals surface area contributed by atoms with Crippen molar-refractivity contribution < 1.29 is 8.78 Å². The number of hydrazone groups is 1. The molecule has 0 amide bonds. The molecule has 2 N–H and O–H groups in total. The van der Waals surface area contributed by atoms with Gasteiger partial charge in [0, 0.05) is 24.5 Å². The van der Waals surface area contributed by atoms with Crippen molar-refractivity contribution in [1.29, 1.82) is 0 Å². The van der Waals surface area contributed by atoms with Gasteiger partial charge in [-0.3, -0.25) is 0 Å². The number of halogens is 2. The second-order valence-electron chi connectivity index (χ2n) is 2.57. The van der Waals surface area contributed by atoms with E-state index in [2.05, 4.69) is 20.5 Å². The second-order valence-corrected chi connectivity index (χ2v) is 2.57. The SMILES string of the molecule is FC1=CC(=NNc2ncc[nH]2)C=C1F. The quantitative estimate of drug-likeness (QED) is 0.709. The maximum absolute atomic E-state index is 12.5. The summed E-state index contributed by atoms with van der Waals surface area (Å²) in [5.74, 6) is -1.41. The number of anilines is 1. The predicted octanol–water partition coefficient (Wildman–Crippen LogP) is 1.90. The van der Waals surface area contributed by atoms with E-state index in [1.54, 1.807) is 6.20 Å². The van der Waals surface area contributed by atoms with Gasteiger partial charge in [0.05, 0.1) is 5.71 Å². The molecule has 72 valence electrons. The summed E-state index contributed by atoms with van der Waals surface area (Å²) in [5, 5.41) is 3.71. The average Bonchev–Trinajstić information content (AvgIpc) is 2.74. The van der Waals surface area contributed by atoms with Crippen molar-refractivity contribution >= 4 is 11.7 Å². The molecule has 0 unspecified atom stereocenters. The third kappa shape index (κ3) is 1.68. The Labute approximate surface area is 78.0 Å². The Kier molecular flexibility index (Phi) is 2.10. The molecule has 0 radical (unpaired) electrons. The fourth-order valence-electron chi connectivity index (χ4n) is 0.948. The van der Waals surface area contributed by atoms with Crippen LogP contribution >= 0.6 is 0 Å². The highest BCUT2D eigenvalue weighted by molar-refractivity contribution is 6.08. The summed E-state index contributed by atoms with van der Waals surface area (Å²) in [6.45, 7) is 0. The van der Waals surface area contributed by atoms with Crippen LogP contribution in [0.5, 0.6) is 0 Å². The van der Waals surface area contributed by atoms with Crippen LogP contribution < -0.4 is 5.43 Å². The van der Waals surface area contributed by atoms with Crippen LogP contribution in [0.3, 0.4) is 0 Å². The highest BCUT2D eigenvalue weighted by atomic mass is 19.2. The van der Waals surface area contributed by atoms with E-state index in [1.807, 2.05) is 0 Å². The number of rotatable bonds is 2. The van der Waals surface area contributed by atoms with Crippen molar-refractivity contribution in [2.24, 2.45) is 5.10 Å². The zero-order chi connectivity index (χ0) is 9.97. The zero-order valence-electron chi connectivity index (χ0n) is 6.96. The zero-order valence-corrected chi connectivity index (χ0v) is 6.96. The summed E-state index contributed by atoms with van der Waals surface area (Å²) in [6.07, 6.45) is 5.12. The van der Waals surface area contributed by atoms with Crippen molar-refractivity contribution in [2.45, 2.75) is 0 Å². The van der Waals surface area contributed by atoms with E-state index in [-0.39, 0.29) is 5.71 Å². The number of aromatic amines is 1. The smallest absolute Gasteiger partial charge is 0.220 e. The van der Waals surface area contributed by atoms with Gasteiger partial charge in [0.2, 0.25) is 5.95 Å². The summed E-state index contributed by atoms with van der Waals surface area (Å²) in [7, 11) is 0. The fourth-order valence-corrected chi connectivity index (χ4v) is 0.948. The number of hydrogen-bond donors (Lipinski definition) is 2. The Balaban J connectivity index is 2.08. The van der Waals surface area contributed by atoms with Gasteiger partial charge in [0.15, 0.2) is 11.7 Å². The van der Waals surface area contributed by atoms with Gasteiger partial charge < -0.3 is 4.98 Å². The minimum Gasteiger partial charge on any atom is -0.330 e. The maximum atomic E-state index is 12.5. The van der Waals surface area contributed by atoms with Crippen LogP contribution in [0, 0.1) is 0 Å². The highest BCUT2D eigenvalue weighted by Crippen LogP contribution is 2.19. The lowest BCUT2D eigenvalue weighted by atomic mass is 10.4. The van der Waals surface area contributed by atoms with Crippen molar-refractivity contribution in [1.82, 2.24) is 9.97 Å². The van der Waals surface area contributed by atoms with Gasteiger partial charge in [-0.25, -0.2) is 19.2 Å². The van der Waals surface area contributed by atoms with Crippen LogP contribution in [0.2, 0.25) is 0 Å². The van der Waals surface area contributed by atoms with Gasteiger partial charge in [-0.2, -0.15) is 5.10 Å². The van der Waals surface area contributed by atoms with Crippen molar-refractivity contribution in [3.8, 4) is 0 Å². The van der Waals surface area contributed by atoms with Gasteiger partial charge in [-0.15, -0.1) is 0 Å². The van der Waals surface area contributed by atoms with Crippen LogP contribution in [0.15, 0.2) is 41.3 Å². The van der Waals surface area contributed by atoms with Crippen LogP contribution in [0.4, 0.5) is 14.7 Å². The van der Waals surface area contributed by atoms with Gasteiger partial charge in [0.25, 0.3) is 0 Å². The second kappa shape index (κ2) is 3.41. The van der Waals surface area contributed by atoms with Gasteiger partial charge in [0.1, 0.15) is 0 Å². The van der Waals surface area contributed by atoms with Crippen LogP contribution in [0.1, 0.15) is 0 Å². The minimum absolute atomic E-state index is 0.177. The first-order chi connectivity index (χ1) is 6.75. The lowest BCUT2D eigenvalue weighted by Crippen LogP contribution is -1.95. The monoisotopic (exact) mass is 196 g/mol. The Morgan fingerprint density at radius 1 is 1.29 bits per heavy atom. The van der Waals surface area contributed by atoms with E-state index in [0.717, 1.165) is 12.2 Å². The van der Waals surface area contributed by atoms with E-state index >= 15 is 0 Å². The Hall–Kier alpha value is -1.98. The van der Waals surface area contributed by atoms with E-state index in [4.69, 9.17) is 0 Å². The van der Waals surface area contributed by atoms with E-state index in [9.17, 15) is 8.78 Å². The fraction of sp³-hybridized carbons (Fsp3) is 0. The molecular formula is C8H6F2N4. The molecule has 4 nitrogen and oxygen atoms in total. The molecule has 1 aliphatic carbocycles. The van der Waals surface area contributed by atoms with Crippen molar-refractivity contribution in [3.05, 3.63) is 36.2 Å². The van der Waals surface area contributed by atoms with Gasteiger partial charge >= 0.3 is 0 Å². The molecule has 14 heavy (non-hydrogen) atoms. The van der Waals surface area contributed by atoms with Crippen LogP contribution in [0.25, 0.3) is 0 Å². The number of nitrogens with one attached hydrogen (secondary N) is 2. The molecule has 2 rings (SSSR count). The van der Waals surface area contributed by atoms with Gasteiger partial charge in [-0.1, -0.05) is 0 Å². The van der Waals surface area contributed by atoms with Gasteiger partial charge in [-0.05, 0) is 0 Å². The molecular weight excluding hydrogens is 190 g/mol. The summed E-state index contributed by atoms with van der Waals surface area (Å²) in [6, 6.07) is 0.